The summed E-state index contributed by atoms with van der Waals surface area (Å²) in [4.78, 5) is 17.9. The Balaban J connectivity index is 2.41. The first-order chi connectivity index (χ1) is 8.15. The van der Waals surface area contributed by atoms with Crippen LogP contribution in [0.5, 0.6) is 0 Å². The van der Waals surface area contributed by atoms with E-state index < -0.39 is 5.97 Å². The molecule has 0 aliphatic heterocycles. The molecular formula is C12H7ClN2O2. The van der Waals surface area contributed by atoms with E-state index in [9.17, 15) is 4.79 Å². The fourth-order valence-electron chi connectivity index (χ4n) is 1.89. The van der Waals surface area contributed by atoms with Gasteiger partial charge in [0.15, 0.2) is 0 Å². The zero-order valence-electron chi connectivity index (χ0n) is 8.57. The van der Waals surface area contributed by atoms with Gasteiger partial charge >= 0.3 is 5.97 Å². The molecular weight excluding hydrogens is 240 g/mol. The highest BCUT2D eigenvalue weighted by Crippen LogP contribution is 2.27. The van der Waals surface area contributed by atoms with E-state index in [1.165, 1.54) is 6.20 Å². The maximum absolute atomic E-state index is 10.9. The number of nitrogens with zero attached hydrogens (tertiary/aromatic N) is 1. The lowest BCUT2D eigenvalue weighted by Gasteiger charge is -1.94. The first-order valence-corrected chi connectivity index (χ1v) is 5.33. The highest BCUT2D eigenvalue weighted by Gasteiger charge is 2.09. The second-order valence-electron chi connectivity index (χ2n) is 3.74. The van der Waals surface area contributed by atoms with Crippen LogP contribution in [0.25, 0.3) is 21.8 Å². The normalized spacial score (nSPS) is 11.1. The molecule has 3 aromatic rings. The average Bonchev–Trinajstić information content (AvgIpc) is 2.64. The topological polar surface area (TPSA) is 66.0 Å². The molecule has 5 heteroatoms. The van der Waals surface area contributed by atoms with E-state index in [0.29, 0.717) is 5.02 Å². The molecule has 2 N–H and O–H groups in total. The number of hydrogen-bond donors (Lipinski definition) is 2. The molecule has 3 rings (SSSR count). The predicted molar refractivity (Wildman–Crippen MR) is 65.6 cm³/mol. The molecule has 2 aromatic heterocycles. The largest absolute Gasteiger partial charge is 0.477 e. The van der Waals surface area contributed by atoms with Gasteiger partial charge in [-0.2, -0.15) is 0 Å². The van der Waals surface area contributed by atoms with Crippen molar-refractivity contribution in [3.8, 4) is 0 Å². The summed E-state index contributed by atoms with van der Waals surface area (Å²) >= 11 is 5.90. The van der Waals surface area contributed by atoms with Crippen LogP contribution in [0.2, 0.25) is 5.02 Å². The number of hydrogen-bond acceptors (Lipinski definition) is 2. The number of rotatable bonds is 1. The molecule has 0 atom stereocenters. The van der Waals surface area contributed by atoms with Crippen LogP contribution in [0.1, 0.15) is 10.5 Å². The van der Waals surface area contributed by atoms with Crippen molar-refractivity contribution in [2.75, 3.05) is 0 Å². The number of halogens is 1. The number of H-pyrrole nitrogens is 1. The number of aromatic carboxylic acids is 1. The monoisotopic (exact) mass is 246 g/mol. The summed E-state index contributed by atoms with van der Waals surface area (Å²) in [7, 11) is 0. The maximum Gasteiger partial charge on any atom is 0.354 e. The van der Waals surface area contributed by atoms with Crippen molar-refractivity contribution >= 4 is 39.4 Å². The fourth-order valence-corrected chi connectivity index (χ4v) is 2.07. The Labute approximate surface area is 101 Å². The summed E-state index contributed by atoms with van der Waals surface area (Å²) in [6.45, 7) is 0. The Kier molecular flexibility index (Phi) is 2.06. The zero-order chi connectivity index (χ0) is 12.0. The summed E-state index contributed by atoms with van der Waals surface area (Å²) in [5, 5.41) is 11.3. The minimum Gasteiger partial charge on any atom is -0.477 e. The maximum atomic E-state index is 10.9. The molecule has 4 nitrogen and oxygen atoms in total. The van der Waals surface area contributed by atoms with Gasteiger partial charge < -0.3 is 10.1 Å². The molecule has 17 heavy (non-hydrogen) atoms. The van der Waals surface area contributed by atoms with Gasteiger partial charge in [0, 0.05) is 21.3 Å². The number of benzene rings is 1. The molecule has 0 aliphatic rings. The quantitative estimate of drug-likeness (QED) is 0.693. The number of carbonyl (C=O) groups is 1. The summed E-state index contributed by atoms with van der Waals surface area (Å²) in [6, 6.07) is 7.00. The highest BCUT2D eigenvalue weighted by molar-refractivity contribution is 6.31. The van der Waals surface area contributed by atoms with Crippen LogP contribution in [0.15, 0.2) is 30.5 Å². The lowest BCUT2D eigenvalue weighted by atomic mass is 10.1. The van der Waals surface area contributed by atoms with Crippen molar-refractivity contribution < 1.29 is 9.90 Å². The molecule has 0 saturated heterocycles. The number of carboxylic acids is 1. The van der Waals surface area contributed by atoms with Crippen molar-refractivity contribution in [1.29, 1.82) is 0 Å². The van der Waals surface area contributed by atoms with Crippen LogP contribution in [-0.4, -0.2) is 21.0 Å². The first kappa shape index (κ1) is 10.1. The number of carboxylic acid groups (broad SMARTS) is 1. The van der Waals surface area contributed by atoms with Crippen LogP contribution in [0.3, 0.4) is 0 Å². The van der Waals surface area contributed by atoms with Crippen LogP contribution < -0.4 is 0 Å². The molecule has 0 aliphatic carbocycles. The lowest BCUT2D eigenvalue weighted by Crippen LogP contribution is -1.98. The van der Waals surface area contributed by atoms with Crippen molar-refractivity contribution in [3.63, 3.8) is 0 Å². The van der Waals surface area contributed by atoms with Gasteiger partial charge in [0.05, 0.1) is 11.7 Å². The summed E-state index contributed by atoms with van der Waals surface area (Å²) in [6.07, 6.45) is 1.52. The van der Waals surface area contributed by atoms with Gasteiger partial charge in [0.25, 0.3) is 0 Å². The number of pyridine rings is 1. The van der Waals surface area contributed by atoms with E-state index in [1.807, 2.05) is 6.07 Å². The van der Waals surface area contributed by atoms with Gasteiger partial charge in [-0.25, -0.2) is 9.78 Å². The Morgan fingerprint density at radius 1 is 1.24 bits per heavy atom. The molecule has 0 amide bonds. The zero-order valence-corrected chi connectivity index (χ0v) is 9.32. The third kappa shape index (κ3) is 1.54. The summed E-state index contributed by atoms with van der Waals surface area (Å²) < 4.78 is 0. The molecule has 84 valence electrons. The minimum absolute atomic E-state index is 0.0355. The second kappa shape index (κ2) is 3.46. The van der Waals surface area contributed by atoms with Gasteiger partial charge in [-0.3, -0.25) is 0 Å². The SMILES string of the molecule is O=C(O)c1cc2c(cn1)[nH]c1cc(Cl)ccc12. The highest BCUT2D eigenvalue weighted by atomic mass is 35.5. The summed E-state index contributed by atoms with van der Waals surface area (Å²) in [5.74, 6) is -1.03. The van der Waals surface area contributed by atoms with Crippen LogP contribution in [-0.2, 0) is 0 Å². The average molecular weight is 247 g/mol. The van der Waals surface area contributed by atoms with Crippen molar-refractivity contribution in [2.24, 2.45) is 0 Å². The number of fused-ring (bicyclic) bond motifs is 3. The Morgan fingerprint density at radius 2 is 2.06 bits per heavy atom. The van der Waals surface area contributed by atoms with E-state index in [-0.39, 0.29) is 5.69 Å². The lowest BCUT2D eigenvalue weighted by molar-refractivity contribution is 0.0691. The van der Waals surface area contributed by atoms with Gasteiger partial charge in [-0.1, -0.05) is 17.7 Å². The third-order valence-electron chi connectivity index (χ3n) is 2.66. The Morgan fingerprint density at radius 3 is 2.82 bits per heavy atom. The standard InChI is InChI=1S/C12H7ClN2O2/c13-6-1-2-7-8-4-10(12(16)17)14-5-11(8)15-9(7)3-6/h1-5,15H,(H,16,17). The van der Waals surface area contributed by atoms with Gasteiger partial charge in [0.1, 0.15) is 5.69 Å². The number of nitrogens with one attached hydrogen (secondary N) is 1. The van der Waals surface area contributed by atoms with Gasteiger partial charge in [0.2, 0.25) is 0 Å². The van der Waals surface area contributed by atoms with Crippen LogP contribution >= 0.6 is 11.6 Å². The molecule has 0 bridgehead atoms. The number of aromatic amines is 1. The number of aromatic nitrogens is 2. The van der Waals surface area contributed by atoms with E-state index in [4.69, 9.17) is 16.7 Å². The van der Waals surface area contributed by atoms with E-state index >= 15 is 0 Å². The van der Waals surface area contributed by atoms with Crippen LogP contribution in [0.4, 0.5) is 0 Å². The van der Waals surface area contributed by atoms with E-state index in [0.717, 1.165) is 21.8 Å². The summed E-state index contributed by atoms with van der Waals surface area (Å²) in [5.41, 5.74) is 1.71. The second-order valence-corrected chi connectivity index (χ2v) is 4.17. The molecule has 0 spiro atoms. The molecule has 0 saturated carbocycles. The molecule has 2 heterocycles. The Bertz CT molecular complexity index is 749. The van der Waals surface area contributed by atoms with E-state index in [2.05, 4.69) is 9.97 Å². The minimum atomic E-state index is -1.03. The fraction of sp³-hybridized carbons (Fsp3) is 0. The smallest absolute Gasteiger partial charge is 0.354 e. The molecule has 1 aromatic carbocycles. The predicted octanol–water partition coefficient (Wildman–Crippen LogP) is 3.07. The van der Waals surface area contributed by atoms with Crippen molar-refractivity contribution in [3.05, 3.63) is 41.2 Å². The molecule has 0 radical (unpaired) electrons. The third-order valence-corrected chi connectivity index (χ3v) is 2.90. The molecule has 0 fully saturated rings. The Hall–Kier alpha value is -2.07. The first-order valence-electron chi connectivity index (χ1n) is 4.95. The van der Waals surface area contributed by atoms with Crippen molar-refractivity contribution in [1.82, 2.24) is 9.97 Å². The van der Waals surface area contributed by atoms with Crippen LogP contribution in [0, 0.1) is 0 Å². The molecule has 0 unspecified atom stereocenters. The van der Waals surface area contributed by atoms with Gasteiger partial charge in [-0.15, -0.1) is 0 Å². The van der Waals surface area contributed by atoms with E-state index in [1.54, 1.807) is 18.2 Å². The van der Waals surface area contributed by atoms with Crippen molar-refractivity contribution in [2.45, 2.75) is 0 Å². The van der Waals surface area contributed by atoms with Gasteiger partial charge in [-0.05, 0) is 18.2 Å².